The Morgan fingerprint density at radius 2 is 2.30 bits per heavy atom. The number of carbonyl (C=O) groups is 1. The highest BCUT2D eigenvalue weighted by Crippen LogP contribution is 2.27. The number of amides is 1. The predicted octanol–water partition coefficient (Wildman–Crippen LogP) is 1.74. The number of methoxy groups -OCH3 is 1. The molecular weight excluding hydrogens is 276 g/mol. The Bertz CT molecular complexity index is 479. The molecule has 0 aromatic heterocycles. The zero-order valence-electron chi connectivity index (χ0n) is 12.0. The van der Waals surface area contributed by atoms with E-state index in [0.29, 0.717) is 29.0 Å². The molecule has 5 heteroatoms. The van der Waals surface area contributed by atoms with Crippen LogP contribution in [0.25, 0.3) is 0 Å². The Hall–Kier alpha value is -1.26. The van der Waals surface area contributed by atoms with E-state index in [1.807, 2.05) is 0 Å². The van der Waals surface area contributed by atoms with Crippen molar-refractivity contribution in [1.82, 2.24) is 0 Å². The minimum atomic E-state index is 0.0370. The van der Waals surface area contributed by atoms with E-state index in [9.17, 15) is 4.79 Å². The molecule has 0 spiro atoms. The summed E-state index contributed by atoms with van der Waals surface area (Å²) in [6, 6.07) is 5.84. The number of piperidine rings is 1. The van der Waals surface area contributed by atoms with E-state index in [4.69, 9.17) is 16.3 Å². The van der Waals surface area contributed by atoms with E-state index >= 15 is 0 Å². The summed E-state index contributed by atoms with van der Waals surface area (Å²) in [6.07, 6.45) is 3.69. The van der Waals surface area contributed by atoms with Crippen molar-refractivity contribution in [1.29, 1.82) is 0 Å². The number of hydrogen-bond donors (Lipinski definition) is 2. The van der Waals surface area contributed by atoms with Crippen LogP contribution in [-0.4, -0.2) is 32.1 Å². The summed E-state index contributed by atoms with van der Waals surface area (Å²) in [7, 11) is 1.57. The van der Waals surface area contributed by atoms with Crippen LogP contribution >= 0.6 is 11.6 Å². The van der Waals surface area contributed by atoms with Gasteiger partial charge in [-0.2, -0.15) is 0 Å². The molecule has 1 aliphatic heterocycles. The summed E-state index contributed by atoms with van der Waals surface area (Å²) in [5.41, 5.74) is 0.713. The molecule has 1 amide bonds. The van der Waals surface area contributed by atoms with E-state index in [0.717, 1.165) is 6.54 Å². The van der Waals surface area contributed by atoms with Gasteiger partial charge in [0.25, 0.3) is 5.91 Å². The lowest BCUT2D eigenvalue weighted by Crippen LogP contribution is -3.17. The highest BCUT2D eigenvalue weighted by Gasteiger charge is 2.24. The first-order valence-corrected chi connectivity index (χ1v) is 7.46. The van der Waals surface area contributed by atoms with Crippen LogP contribution < -0.4 is 15.0 Å². The Morgan fingerprint density at radius 3 is 2.95 bits per heavy atom. The van der Waals surface area contributed by atoms with Gasteiger partial charge in [0, 0.05) is 5.69 Å². The summed E-state index contributed by atoms with van der Waals surface area (Å²) >= 11 is 6.05. The average Bonchev–Trinajstić information content (AvgIpc) is 2.41. The zero-order valence-corrected chi connectivity index (χ0v) is 12.8. The van der Waals surface area contributed by atoms with Gasteiger partial charge < -0.3 is 15.0 Å². The van der Waals surface area contributed by atoms with Crippen LogP contribution in [0.2, 0.25) is 5.02 Å². The van der Waals surface area contributed by atoms with Crippen LogP contribution in [0.3, 0.4) is 0 Å². The van der Waals surface area contributed by atoms with Crippen LogP contribution in [0.4, 0.5) is 5.69 Å². The second-order valence-corrected chi connectivity index (χ2v) is 5.79. The predicted molar refractivity (Wildman–Crippen MR) is 80.6 cm³/mol. The molecule has 1 unspecified atom stereocenters. The molecule has 0 bridgehead atoms. The monoisotopic (exact) mass is 297 g/mol. The van der Waals surface area contributed by atoms with E-state index in [1.54, 1.807) is 25.3 Å². The number of rotatable bonds is 4. The maximum atomic E-state index is 12.1. The van der Waals surface area contributed by atoms with Crippen molar-refractivity contribution in [2.45, 2.75) is 32.2 Å². The van der Waals surface area contributed by atoms with E-state index in [1.165, 1.54) is 24.2 Å². The van der Waals surface area contributed by atoms with E-state index in [2.05, 4.69) is 12.2 Å². The van der Waals surface area contributed by atoms with Gasteiger partial charge in [-0.25, -0.2) is 0 Å². The van der Waals surface area contributed by atoms with Gasteiger partial charge in [-0.1, -0.05) is 11.6 Å². The highest BCUT2D eigenvalue weighted by molar-refractivity contribution is 6.32. The third-order valence-electron chi connectivity index (χ3n) is 3.91. The fraction of sp³-hybridized carbons (Fsp3) is 0.533. The van der Waals surface area contributed by atoms with Crippen molar-refractivity contribution in [2.75, 3.05) is 25.5 Å². The lowest BCUT2D eigenvalue weighted by molar-refractivity contribution is -0.920. The maximum absolute atomic E-state index is 12.1. The number of benzene rings is 1. The summed E-state index contributed by atoms with van der Waals surface area (Å²) in [4.78, 5) is 13.5. The Balaban J connectivity index is 1.92. The number of ether oxygens (including phenoxy) is 1. The minimum absolute atomic E-state index is 0.0370. The SMILES string of the molecule is COc1ccc(NC(=O)C[NH+]2CCCC[C@@H]2C)cc1Cl. The second-order valence-electron chi connectivity index (χ2n) is 5.38. The summed E-state index contributed by atoms with van der Waals surface area (Å²) < 4.78 is 5.09. The number of nitrogens with one attached hydrogen (secondary N) is 2. The smallest absolute Gasteiger partial charge is 0.279 e. The number of likely N-dealkylation sites (tertiary alicyclic amines) is 1. The van der Waals surface area contributed by atoms with Crippen LogP contribution in [0.1, 0.15) is 26.2 Å². The van der Waals surface area contributed by atoms with Crippen LogP contribution in [-0.2, 0) is 4.79 Å². The molecule has 1 fully saturated rings. The fourth-order valence-electron chi connectivity index (χ4n) is 2.67. The van der Waals surface area contributed by atoms with Gasteiger partial charge in [0.15, 0.2) is 6.54 Å². The van der Waals surface area contributed by atoms with Gasteiger partial charge >= 0.3 is 0 Å². The Labute approximate surface area is 125 Å². The number of halogens is 1. The Morgan fingerprint density at radius 1 is 1.50 bits per heavy atom. The van der Waals surface area contributed by atoms with Crippen molar-refractivity contribution < 1.29 is 14.4 Å². The molecule has 20 heavy (non-hydrogen) atoms. The molecule has 1 aromatic rings. The third kappa shape index (κ3) is 3.87. The first kappa shape index (κ1) is 15.1. The van der Waals surface area contributed by atoms with Gasteiger partial charge in [0.1, 0.15) is 5.75 Å². The molecule has 2 N–H and O–H groups in total. The van der Waals surface area contributed by atoms with Gasteiger partial charge in [-0.3, -0.25) is 4.79 Å². The molecule has 2 rings (SSSR count). The normalized spacial score (nSPS) is 22.4. The molecule has 110 valence electrons. The minimum Gasteiger partial charge on any atom is -0.495 e. The number of anilines is 1. The summed E-state index contributed by atoms with van der Waals surface area (Å²) in [5, 5.41) is 3.41. The van der Waals surface area contributed by atoms with Crippen molar-refractivity contribution in [3.8, 4) is 5.75 Å². The molecule has 4 nitrogen and oxygen atoms in total. The van der Waals surface area contributed by atoms with Gasteiger partial charge in [0.2, 0.25) is 0 Å². The molecule has 0 aliphatic carbocycles. The summed E-state index contributed by atoms with van der Waals surface area (Å²) in [6.45, 7) is 3.81. The highest BCUT2D eigenvalue weighted by atomic mass is 35.5. The standard InChI is InChI=1S/C15H21ClN2O2/c1-11-5-3-4-8-18(11)10-15(19)17-12-6-7-14(20-2)13(16)9-12/h6-7,9,11H,3-5,8,10H2,1-2H3,(H,17,19)/p+1/t11-/m0/s1. The van der Waals surface area contributed by atoms with Gasteiger partial charge in [-0.05, 0) is 44.4 Å². The average molecular weight is 298 g/mol. The second kappa shape index (κ2) is 6.95. The molecule has 2 atom stereocenters. The molecule has 1 saturated heterocycles. The first-order valence-electron chi connectivity index (χ1n) is 7.08. The molecule has 1 aliphatic rings. The van der Waals surface area contributed by atoms with Gasteiger partial charge in [-0.15, -0.1) is 0 Å². The van der Waals surface area contributed by atoms with Crippen molar-refractivity contribution in [3.05, 3.63) is 23.2 Å². The topological polar surface area (TPSA) is 42.8 Å². The lowest BCUT2D eigenvalue weighted by atomic mass is 10.0. The van der Waals surface area contributed by atoms with E-state index < -0.39 is 0 Å². The maximum Gasteiger partial charge on any atom is 0.279 e. The van der Waals surface area contributed by atoms with Crippen molar-refractivity contribution in [3.63, 3.8) is 0 Å². The largest absolute Gasteiger partial charge is 0.495 e. The lowest BCUT2D eigenvalue weighted by Gasteiger charge is -2.29. The third-order valence-corrected chi connectivity index (χ3v) is 4.20. The van der Waals surface area contributed by atoms with Crippen molar-refractivity contribution >= 4 is 23.2 Å². The molecule has 0 radical (unpaired) electrons. The number of hydrogen-bond acceptors (Lipinski definition) is 2. The molecule has 1 heterocycles. The Kier molecular flexibility index (Phi) is 5.26. The van der Waals surface area contributed by atoms with Gasteiger partial charge in [0.05, 0.1) is 24.7 Å². The molecular formula is C15H22ClN2O2+. The summed E-state index contributed by atoms with van der Waals surface area (Å²) in [5.74, 6) is 0.648. The molecule has 1 aromatic carbocycles. The van der Waals surface area contributed by atoms with Crippen LogP contribution in [0, 0.1) is 0 Å². The van der Waals surface area contributed by atoms with Crippen LogP contribution in [0.5, 0.6) is 5.75 Å². The quantitative estimate of drug-likeness (QED) is 0.889. The van der Waals surface area contributed by atoms with E-state index in [-0.39, 0.29) is 5.91 Å². The van der Waals surface area contributed by atoms with Crippen LogP contribution in [0.15, 0.2) is 18.2 Å². The number of quaternary nitrogens is 1. The first-order chi connectivity index (χ1) is 9.60. The van der Waals surface area contributed by atoms with Crippen molar-refractivity contribution in [2.24, 2.45) is 0 Å². The zero-order chi connectivity index (χ0) is 14.5. The molecule has 0 saturated carbocycles. The fourth-order valence-corrected chi connectivity index (χ4v) is 2.93. The number of carbonyl (C=O) groups excluding carboxylic acids is 1.